The monoisotopic (exact) mass is 296 g/mol. The molecule has 0 spiro atoms. The predicted octanol–water partition coefficient (Wildman–Crippen LogP) is 1.59. The van der Waals surface area contributed by atoms with Crippen LogP contribution in [0.1, 0.15) is 31.4 Å². The molecule has 0 aliphatic carbocycles. The van der Waals surface area contributed by atoms with Crippen molar-refractivity contribution >= 4 is 11.9 Å². The first-order chi connectivity index (χ1) is 9.78. The van der Waals surface area contributed by atoms with Crippen LogP contribution >= 0.6 is 0 Å². The fraction of sp³-hybridized carbons (Fsp3) is 0.467. The first kappa shape index (κ1) is 17.1. The van der Waals surface area contributed by atoms with Crippen molar-refractivity contribution in [2.45, 2.75) is 39.3 Å². The number of rotatable bonds is 7. The van der Waals surface area contributed by atoms with E-state index in [0.29, 0.717) is 12.0 Å². The lowest BCUT2D eigenvalue weighted by Gasteiger charge is -2.24. The molecule has 0 bridgehead atoms. The number of carboxylic acids is 1. The molecule has 0 saturated carbocycles. The molecule has 0 aliphatic rings. The minimum atomic E-state index is -1.12. The summed E-state index contributed by atoms with van der Waals surface area (Å²) in [5.74, 6) is -1.59. The summed E-state index contributed by atoms with van der Waals surface area (Å²) in [5, 5.41) is 14.5. The second-order valence-corrected chi connectivity index (χ2v) is 5.20. The molecule has 6 heteroatoms. The molecular formula is C15H21FN2O3. The van der Waals surface area contributed by atoms with Crippen LogP contribution in [-0.4, -0.2) is 29.1 Å². The van der Waals surface area contributed by atoms with Crippen molar-refractivity contribution < 1.29 is 19.1 Å². The fourth-order valence-electron chi connectivity index (χ4n) is 1.71. The third kappa shape index (κ3) is 4.82. The van der Waals surface area contributed by atoms with Gasteiger partial charge >= 0.3 is 5.97 Å². The highest BCUT2D eigenvalue weighted by atomic mass is 19.1. The molecule has 0 heterocycles. The lowest BCUT2D eigenvalue weighted by molar-refractivity contribution is -0.144. The van der Waals surface area contributed by atoms with Crippen molar-refractivity contribution in [1.29, 1.82) is 0 Å². The van der Waals surface area contributed by atoms with Crippen molar-refractivity contribution in [3.8, 4) is 0 Å². The number of nitrogens with one attached hydrogen (secondary N) is 2. The van der Waals surface area contributed by atoms with Gasteiger partial charge in [-0.3, -0.25) is 14.9 Å². The van der Waals surface area contributed by atoms with Gasteiger partial charge in [-0.05, 0) is 37.5 Å². The van der Waals surface area contributed by atoms with Crippen LogP contribution in [0.2, 0.25) is 0 Å². The SMILES string of the molecule is CCC(C)(NCC(=O)NCc1ccc(F)c(C)c1)C(=O)O. The first-order valence-corrected chi connectivity index (χ1v) is 6.78. The van der Waals surface area contributed by atoms with E-state index in [1.165, 1.54) is 13.0 Å². The Kier molecular flexibility index (Phi) is 5.84. The average molecular weight is 296 g/mol. The van der Waals surface area contributed by atoms with E-state index in [9.17, 15) is 14.0 Å². The Bertz CT molecular complexity index is 534. The summed E-state index contributed by atoms with van der Waals surface area (Å²) in [4.78, 5) is 22.8. The number of amides is 1. The molecule has 116 valence electrons. The molecule has 0 fully saturated rings. The van der Waals surface area contributed by atoms with Gasteiger partial charge in [-0.25, -0.2) is 4.39 Å². The molecule has 21 heavy (non-hydrogen) atoms. The molecule has 0 aromatic heterocycles. The zero-order valence-electron chi connectivity index (χ0n) is 12.5. The van der Waals surface area contributed by atoms with Crippen molar-refractivity contribution in [2.24, 2.45) is 0 Å². The molecule has 0 radical (unpaired) electrons. The molecular weight excluding hydrogens is 275 g/mol. The zero-order valence-corrected chi connectivity index (χ0v) is 12.5. The molecule has 1 aromatic carbocycles. The third-order valence-corrected chi connectivity index (χ3v) is 3.53. The van der Waals surface area contributed by atoms with E-state index in [-0.39, 0.29) is 24.8 Å². The van der Waals surface area contributed by atoms with E-state index in [1.54, 1.807) is 26.0 Å². The lowest BCUT2D eigenvalue weighted by Crippen LogP contribution is -2.52. The highest BCUT2D eigenvalue weighted by Gasteiger charge is 2.30. The van der Waals surface area contributed by atoms with E-state index >= 15 is 0 Å². The molecule has 1 unspecified atom stereocenters. The smallest absolute Gasteiger partial charge is 0.323 e. The second kappa shape index (κ2) is 7.17. The van der Waals surface area contributed by atoms with Crippen LogP contribution in [0.25, 0.3) is 0 Å². The Balaban J connectivity index is 2.47. The Morgan fingerprint density at radius 2 is 2.05 bits per heavy atom. The number of carbonyl (C=O) groups is 2. The summed E-state index contributed by atoms with van der Waals surface area (Å²) in [7, 11) is 0. The molecule has 3 N–H and O–H groups in total. The second-order valence-electron chi connectivity index (χ2n) is 5.20. The standard InChI is InChI=1S/C15H21FN2O3/c1-4-15(3,14(20)21)18-9-13(19)17-8-11-5-6-12(16)10(2)7-11/h5-7,18H,4,8-9H2,1-3H3,(H,17,19)(H,20,21). The molecule has 1 rings (SSSR count). The highest BCUT2D eigenvalue weighted by molar-refractivity contribution is 5.81. The number of halogens is 1. The average Bonchev–Trinajstić information content (AvgIpc) is 2.45. The maximum atomic E-state index is 13.1. The summed E-state index contributed by atoms with van der Waals surface area (Å²) in [5.41, 5.74) is 0.187. The normalized spacial score (nSPS) is 13.5. The van der Waals surface area contributed by atoms with Gasteiger partial charge in [-0.1, -0.05) is 19.1 Å². The summed E-state index contributed by atoms with van der Waals surface area (Å²) < 4.78 is 13.1. The number of hydrogen-bond donors (Lipinski definition) is 3. The maximum Gasteiger partial charge on any atom is 0.323 e. The van der Waals surface area contributed by atoms with Gasteiger partial charge in [0, 0.05) is 6.54 Å². The summed E-state index contributed by atoms with van der Waals surface area (Å²) in [6.45, 7) is 5.11. The number of aryl methyl sites for hydroxylation is 1. The van der Waals surface area contributed by atoms with Gasteiger partial charge < -0.3 is 10.4 Å². The Morgan fingerprint density at radius 3 is 2.57 bits per heavy atom. The summed E-state index contributed by atoms with van der Waals surface area (Å²) >= 11 is 0. The Morgan fingerprint density at radius 1 is 1.38 bits per heavy atom. The third-order valence-electron chi connectivity index (χ3n) is 3.53. The Labute approximate surface area is 123 Å². The summed E-state index contributed by atoms with van der Waals surface area (Å²) in [6, 6.07) is 4.62. The van der Waals surface area contributed by atoms with E-state index in [1.807, 2.05) is 0 Å². The predicted molar refractivity (Wildman–Crippen MR) is 77.3 cm³/mol. The zero-order chi connectivity index (χ0) is 16.0. The molecule has 1 aromatic rings. The van der Waals surface area contributed by atoms with Crippen LogP contribution in [0.5, 0.6) is 0 Å². The summed E-state index contributed by atoms with van der Waals surface area (Å²) in [6.07, 6.45) is 0.368. The van der Waals surface area contributed by atoms with Gasteiger partial charge in [-0.2, -0.15) is 0 Å². The number of hydrogen-bond acceptors (Lipinski definition) is 3. The van der Waals surface area contributed by atoms with Crippen LogP contribution < -0.4 is 10.6 Å². The van der Waals surface area contributed by atoms with Crippen LogP contribution in [0, 0.1) is 12.7 Å². The van der Waals surface area contributed by atoms with Crippen LogP contribution in [-0.2, 0) is 16.1 Å². The largest absolute Gasteiger partial charge is 0.480 e. The Hall–Kier alpha value is -1.95. The number of carboxylic acid groups (broad SMARTS) is 1. The van der Waals surface area contributed by atoms with E-state index < -0.39 is 11.5 Å². The van der Waals surface area contributed by atoms with Crippen molar-refractivity contribution in [1.82, 2.24) is 10.6 Å². The number of carbonyl (C=O) groups excluding carboxylic acids is 1. The van der Waals surface area contributed by atoms with Gasteiger partial charge in [0.25, 0.3) is 0 Å². The molecule has 0 saturated heterocycles. The number of benzene rings is 1. The van der Waals surface area contributed by atoms with Crippen molar-refractivity contribution in [3.05, 3.63) is 35.1 Å². The minimum absolute atomic E-state index is 0.0865. The maximum absolute atomic E-state index is 13.1. The molecule has 1 atom stereocenters. The van der Waals surface area contributed by atoms with Gasteiger partial charge in [0.05, 0.1) is 6.54 Å². The van der Waals surface area contributed by atoms with Gasteiger partial charge in [0.1, 0.15) is 11.4 Å². The van der Waals surface area contributed by atoms with Crippen LogP contribution in [0.4, 0.5) is 4.39 Å². The van der Waals surface area contributed by atoms with Gasteiger partial charge in [-0.15, -0.1) is 0 Å². The number of aliphatic carboxylic acids is 1. The minimum Gasteiger partial charge on any atom is -0.480 e. The molecule has 1 amide bonds. The highest BCUT2D eigenvalue weighted by Crippen LogP contribution is 2.09. The van der Waals surface area contributed by atoms with Gasteiger partial charge in [0.15, 0.2) is 0 Å². The topological polar surface area (TPSA) is 78.4 Å². The first-order valence-electron chi connectivity index (χ1n) is 6.78. The van der Waals surface area contributed by atoms with Crippen molar-refractivity contribution in [2.75, 3.05) is 6.54 Å². The van der Waals surface area contributed by atoms with E-state index in [4.69, 9.17) is 5.11 Å². The quantitative estimate of drug-likeness (QED) is 0.714. The van der Waals surface area contributed by atoms with E-state index in [2.05, 4.69) is 10.6 Å². The lowest BCUT2D eigenvalue weighted by atomic mass is 9.99. The van der Waals surface area contributed by atoms with Crippen LogP contribution in [0.15, 0.2) is 18.2 Å². The fourth-order valence-corrected chi connectivity index (χ4v) is 1.71. The van der Waals surface area contributed by atoms with Crippen molar-refractivity contribution in [3.63, 3.8) is 0 Å². The van der Waals surface area contributed by atoms with E-state index in [0.717, 1.165) is 5.56 Å². The molecule has 5 nitrogen and oxygen atoms in total. The van der Waals surface area contributed by atoms with Crippen LogP contribution in [0.3, 0.4) is 0 Å². The molecule has 0 aliphatic heterocycles. The van der Waals surface area contributed by atoms with Gasteiger partial charge in [0.2, 0.25) is 5.91 Å².